The Morgan fingerprint density at radius 3 is 2.38 bits per heavy atom. The van der Waals surface area contributed by atoms with Crippen LogP contribution in [0.1, 0.15) is 12.0 Å². The minimum absolute atomic E-state index is 0.0434. The van der Waals surface area contributed by atoms with Crippen molar-refractivity contribution in [1.29, 1.82) is 0 Å². The van der Waals surface area contributed by atoms with Gasteiger partial charge >= 0.3 is 0 Å². The van der Waals surface area contributed by atoms with Gasteiger partial charge in [-0.3, -0.25) is 9.69 Å². The Bertz CT molecular complexity index is 667. The standard InChI is InChI=1S/C21H27N3O2/c25-21(11-6-18-4-2-1-3-5-18)23-20-9-7-19(8-10-20)22-12-13-24-14-16-26-17-15-24/h1-5,7-10,22H,6,11-17H2,(H,23,25). The third-order valence-electron chi connectivity index (χ3n) is 4.51. The number of hydrogen-bond acceptors (Lipinski definition) is 4. The number of ether oxygens (including phenoxy) is 1. The van der Waals surface area contributed by atoms with Crippen LogP contribution in [0.3, 0.4) is 0 Å². The van der Waals surface area contributed by atoms with E-state index in [-0.39, 0.29) is 5.91 Å². The highest BCUT2D eigenvalue weighted by molar-refractivity contribution is 5.91. The normalized spacial score (nSPS) is 14.8. The van der Waals surface area contributed by atoms with Gasteiger partial charge in [-0.25, -0.2) is 0 Å². The molecule has 2 N–H and O–H groups in total. The number of morpholine rings is 1. The van der Waals surface area contributed by atoms with Crippen LogP contribution < -0.4 is 10.6 Å². The summed E-state index contributed by atoms with van der Waals surface area (Å²) in [5, 5.41) is 6.38. The van der Waals surface area contributed by atoms with E-state index in [1.165, 1.54) is 5.56 Å². The average molecular weight is 353 g/mol. The van der Waals surface area contributed by atoms with Crippen LogP contribution in [0.25, 0.3) is 0 Å². The van der Waals surface area contributed by atoms with Crippen LogP contribution in [0.5, 0.6) is 0 Å². The van der Waals surface area contributed by atoms with E-state index in [0.717, 1.165) is 57.2 Å². The molecule has 0 aromatic heterocycles. The number of benzene rings is 2. The summed E-state index contributed by atoms with van der Waals surface area (Å²) in [5.41, 5.74) is 3.09. The maximum atomic E-state index is 12.1. The van der Waals surface area contributed by atoms with Gasteiger partial charge in [-0.1, -0.05) is 30.3 Å². The summed E-state index contributed by atoms with van der Waals surface area (Å²) in [7, 11) is 0. The molecule has 0 unspecified atom stereocenters. The molecule has 3 rings (SSSR count). The lowest BCUT2D eigenvalue weighted by atomic mass is 10.1. The molecule has 5 nitrogen and oxygen atoms in total. The molecule has 0 radical (unpaired) electrons. The highest BCUT2D eigenvalue weighted by Gasteiger charge is 2.09. The van der Waals surface area contributed by atoms with Gasteiger partial charge < -0.3 is 15.4 Å². The Labute approximate surface area is 155 Å². The van der Waals surface area contributed by atoms with Crippen molar-refractivity contribution in [3.63, 3.8) is 0 Å². The SMILES string of the molecule is O=C(CCc1ccccc1)Nc1ccc(NCCN2CCOCC2)cc1. The number of hydrogen-bond donors (Lipinski definition) is 2. The molecule has 0 bridgehead atoms. The molecule has 1 saturated heterocycles. The van der Waals surface area contributed by atoms with Crippen molar-refractivity contribution in [3.05, 3.63) is 60.2 Å². The first kappa shape index (κ1) is 18.4. The molecule has 26 heavy (non-hydrogen) atoms. The van der Waals surface area contributed by atoms with E-state index in [0.29, 0.717) is 6.42 Å². The predicted octanol–water partition coefficient (Wildman–Crippen LogP) is 3.00. The van der Waals surface area contributed by atoms with Gasteiger partial charge in [0.2, 0.25) is 5.91 Å². The number of carbonyl (C=O) groups is 1. The molecule has 0 spiro atoms. The van der Waals surface area contributed by atoms with E-state index in [1.54, 1.807) is 0 Å². The summed E-state index contributed by atoms with van der Waals surface area (Å²) in [6, 6.07) is 18.0. The molecule has 1 heterocycles. The van der Waals surface area contributed by atoms with E-state index in [2.05, 4.69) is 15.5 Å². The molecule has 5 heteroatoms. The monoisotopic (exact) mass is 353 g/mol. The molecule has 0 atom stereocenters. The topological polar surface area (TPSA) is 53.6 Å². The lowest BCUT2D eigenvalue weighted by molar-refractivity contribution is -0.116. The number of nitrogens with one attached hydrogen (secondary N) is 2. The van der Waals surface area contributed by atoms with Gasteiger partial charge in [-0.2, -0.15) is 0 Å². The molecular weight excluding hydrogens is 326 g/mol. The van der Waals surface area contributed by atoms with Crippen LogP contribution >= 0.6 is 0 Å². The third-order valence-corrected chi connectivity index (χ3v) is 4.51. The molecular formula is C21H27N3O2. The first-order valence-electron chi connectivity index (χ1n) is 9.27. The number of rotatable bonds is 8. The maximum Gasteiger partial charge on any atom is 0.224 e. The Kier molecular flexibility index (Phi) is 7.05. The van der Waals surface area contributed by atoms with Gasteiger partial charge in [-0.05, 0) is 36.2 Å². The highest BCUT2D eigenvalue weighted by atomic mass is 16.5. The molecule has 1 amide bonds. The Morgan fingerprint density at radius 2 is 1.65 bits per heavy atom. The number of amides is 1. The van der Waals surface area contributed by atoms with E-state index in [1.807, 2.05) is 54.6 Å². The zero-order valence-electron chi connectivity index (χ0n) is 15.1. The average Bonchev–Trinajstić information content (AvgIpc) is 2.69. The van der Waals surface area contributed by atoms with Crippen LogP contribution in [0.15, 0.2) is 54.6 Å². The second kappa shape index (κ2) is 9.94. The minimum Gasteiger partial charge on any atom is -0.384 e. The summed E-state index contributed by atoms with van der Waals surface area (Å²) >= 11 is 0. The first-order valence-corrected chi connectivity index (χ1v) is 9.27. The fourth-order valence-electron chi connectivity index (χ4n) is 2.98. The van der Waals surface area contributed by atoms with Gasteiger partial charge in [0.05, 0.1) is 13.2 Å². The number of anilines is 2. The lowest BCUT2D eigenvalue weighted by Crippen LogP contribution is -2.38. The summed E-state index contributed by atoms with van der Waals surface area (Å²) in [6.07, 6.45) is 1.25. The maximum absolute atomic E-state index is 12.1. The van der Waals surface area contributed by atoms with E-state index < -0.39 is 0 Å². The molecule has 138 valence electrons. The zero-order chi connectivity index (χ0) is 18.0. The molecule has 2 aromatic rings. The van der Waals surface area contributed by atoms with E-state index in [4.69, 9.17) is 4.74 Å². The Balaban J connectivity index is 1.37. The van der Waals surface area contributed by atoms with Crippen molar-refractivity contribution in [3.8, 4) is 0 Å². The second-order valence-corrected chi connectivity index (χ2v) is 6.49. The molecule has 1 aliphatic rings. The molecule has 2 aromatic carbocycles. The van der Waals surface area contributed by atoms with Crippen molar-refractivity contribution in [2.45, 2.75) is 12.8 Å². The Hall–Kier alpha value is -2.37. The molecule has 0 aliphatic carbocycles. The fourth-order valence-corrected chi connectivity index (χ4v) is 2.98. The number of nitrogens with zero attached hydrogens (tertiary/aromatic N) is 1. The summed E-state index contributed by atoms with van der Waals surface area (Å²) < 4.78 is 5.35. The van der Waals surface area contributed by atoms with Crippen molar-refractivity contribution < 1.29 is 9.53 Å². The zero-order valence-corrected chi connectivity index (χ0v) is 15.1. The summed E-state index contributed by atoms with van der Waals surface area (Å²) in [6.45, 7) is 5.60. The van der Waals surface area contributed by atoms with E-state index >= 15 is 0 Å². The van der Waals surface area contributed by atoms with Crippen molar-refractivity contribution in [1.82, 2.24) is 4.90 Å². The summed E-state index contributed by atoms with van der Waals surface area (Å²) in [4.78, 5) is 14.5. The Morgan fingerprint density at radius 1 is 0.962 bits per heavy atom. The number of aryl methyl sites for hydroxylation is 1. The minimum atomic E-state index is 0.0434. The van der Waals surface area contributed by atoms with Crippen LogP contribution in [0.2, 0.25) is 0 Å². The van der Waals surface area contributed by atoms with E-state index in [9.17, 15) is 4.79 Å². The van der Waals surface area contributed by atoms with Crippen LogP contribution in [0, 0.1) is 0 Å². The van der Waals surface area contributed by atoms with Gasteiger partial charge in [0, 0.05) is 44.0 Å². The van der Waals surface area contributed by atoms with Gasteiger partial charge in [0.1, 0.15) is 0 Å². The van der Waals surface area contributed by atoms with Crippen molar-refractivity contribution in [2.24, 2.45) is 0 Å². The quantitative estimate of drug-likeness (QED) is 0.766. The smallest absolute Gasteiger partial charge is 0.224 e. The first-order chi connectivity index (χ1) is 12.8. The van der Waals surface area contributed by atoms with Crippen molar-refractivity contribution >= 4 is 17.3 Å². The molecule has 0 saturated carbocycles. The van der Waals surface area contributed by atoms with Gasteiger partial charge in [0.25, 0.3) is 0 Å². The lowest BCUT2D eigenvalue weighted by Gasteiger charge is -2.26. The second-order valence-electron chi connectivity index (χ2n) is 6.49. The highest BCUT2D eigenvalue weighted by Crippen LogP contribution is 2.14. The molecule has 1 aliphatic heterocycles. The summed E-state index contributed by atoms with van der Waals surface area (Å²) in [5.74, 6) is 0.0434. The molecule has 1 fully saturated rings. The van der Waals surface area contributed by atoms with Crippen molar-refractivity contribution in [2.75, 3.05) is 50.0 Å². The van der Waals surface area contributed by atoms with Crippen LogP contribution in [0.4, 0.5) is 11.4 Å². The van der Waals surface area contributed by atoms with Crippen LogP contribution in [-0.4, -0.2) is 50.2 Å². The van der Waals surface area contributed by atoms with Crippen LogP contribution in [-0.2, 0) is 16.0 Å². The third kappa shape index (κ3) is 6.17. The largest absolute Gasteiger partial charge is 0.384 e. The fraction of sp³-hybridized carbons (Fsp3) is 0.381. The predicted molar refractivity (Wildman–Crippen MR) is 106 cm³/mol. The number of carbonyl (C=O) groups excluding carboxylic acids is 1. The van der Waals surface area contributed by atoms with Gasteiger partial charge in [0.15, 0.2) is 0 Å². The van der Waals surface area contributed by atoms with Gasteiger partial charge in [-0.15, -0.1) is 0 Å².